The predicted molar refractivity (Wildman–Crippen MR) is 72.4 cm³/mol. The first-order valence-corrected chi connectivity index (χ1v) is 6.63. The molecule has 1 heterocycles. The summed E-state index contributed by atoms with van der Waals surface area (Å²) in [4.78, 5) is 9.13. The van der Waals surface area contributed by atoms with Gasteiger partial charge in [-0.15, -0.1) is 0 Å². The number of aromatic nitrogens is 2. The van der Waals surface area contributed by atoms with Crippen LogP contribution in [0.4, 0.5) is 24.8 Å². The second-order valence-corrected chi connectivity index (χ2v) is 5.02. The Kier molecular flexibility index (Phi) is 5.39. The molecule has 0 saturated heterocycles. The lowest BCUT2D eigenvalue weighted by molar-refractivity contribution is -0.120. The summed E-state index contributed by atoms with van der Waals surface area (Å²) in [6.45, 7) is 4.83. The van der Waals surface area contributed by atoms with Crippen molar-refractivity contribution in [1.29, 1.82) is 0 Å². The molecule has 0 saturated carbocycles. The second kappa shape index (κ2) is 6.40. The van der Waals surface area contributed by atoms with Gasteiger partial charge in [0.15, 0.2) is 0 Å². The zero-order valence-electron chi connectivity index (χ0n) is 10.9. The summed E-state index contributed by atoms with van der Waals surface area (Å²) in [5.41, 5.74) is 0. The van der Waals surface area contributed by atoms with Gasteiger partial charge in [-0.05, 0) is 36.7 Å². The third-order valence-electron chi connectivity index (χ3n) is 2.36. The minimum absolute atomic E-state index is 0.235. The Labute approximate surface area is 118 Å². The summed E-state index contributed by atoms with van der Waals surface area (Å²) in [6, 6.07) is -0.331. The van der Waals surface area contributed by atoms with Crippen molar-refractivity contribution in [3.63, 3.8) is 0 Å². The van der Waals surface area contributed by atoms with Crippen molar-refractivity contribution in [3.05, 3.63) is 10.8 Å². The van der Waals surface area contributed by atoms with Gasteiger partial charge in [-0.3, -0.25) is 0 Å². The molecule has 0 fully saturated rings. The van der Waals surface area contributed by atoms with Crippen LogP contribution in [0.25, 0.3) is 0 Å². The van der Waals surface area contributed by atoms with Crippen molar-refractivity contribution >= 4 is 27.6 Å². The van der Waals surface area contributed by atoms with Crippen molar-refractivity contribution < 1.29 is 13.2 Å². The van der Waals surface area contributed by atoms with Gasteiger partial charge < -0.3 is 10.2 Å². The van der Waals surface area contributed by atoms with Crippen LogP contribution in [0.1, 0.15) is 20.8 Å². The third kappa shape index (κ3) is 4.52. The van der Waals surface area contributed by atoms with Crippen molar-refractivity contribution in [1.82, 2.24) is 9.97 Å². The van der Waals surface area contributed by atoms with E-state index < -0.39 is 12.7 Å². The summed E-state index contributed by atoms with van der Waals surface area (Å²) >= 11 is 3.26. The number of hydrogen-bond acceptors (Lipinski definition) is 4. The number of halogens is 4. The molecule has 0 amide bonds. The maximum Gasteiger partial charge on any atom is 0.405 e. The van der Waals surface area contributed by atoms with Crippen LogP contribution in [0.15, 0.2) is 10.8 Å². The Balaban J connectivity index is 3.12. The maximum absolute atomic E-state index is 12.6. The summed E-state index contributed by atoms with van der Waals surface area (Å²) in [5, 5.41) is 2.97. The lowest BCUT2D eigenvalue weighted by Gasteiger charge is -2.29. The lowest BCUT2D eigenvalue weighted by atomic mass is 10.3. The van der Waals surface area contributed by atoms with Gasteiger partial charge in [0.25, 0.3) is 0 Å². The first-order valence-electron chi connectivity index (χ1n) is 5.84. The fraction of sp³-hybridized carbons (Fsp3) is 0.636. The van der Waals surface area contributed by atoms with Gasteiger partial charge in [0.1, 0.15) is 29.0 Å². The van der Waals surface area contributed by atoms with Gasteiger partial charge in [-0.25, -0.2) is 9.97 Å². The number of alkyl halides is 3. The van der Waals surface area contributed by atoms with E-state index in [4.69, 9.17) is 0 Å². The van der Waals surface area contributed by atoms with E-state index in [-0.39, 0.29) is 11.9 Å². The molecule has 0 aliphatic carbocycles. The Hall–Kier alpha value is -1.05. The molecule has 1 aromatic heterocycles. The highest BCUT2D eigenvalue weighted by atomic mass is 79.9. The summed E-state index contributed by atoms with van der Waals surface area (Å²) in [6.07, 6.45) is -3.03. The first-order chi connectivity index (χ1) is 8.76. The molecule has 0 radical (unpaired) electrons. The number of hydrogen-bond donors (Lipinski definition) is 1. The molecule has 1 aromatic rings. The van der Waals surface area contributed by atoms with E-state index >= 15 is 0 Å². The van der Waals surface area contributed by atoms with Gasteiger partial charge in [0, 0.05) is 12.6 Å². The first kappa shape index (κ1) is 16.0. The quantitative estimate of drug-likeness (QED) is 0.891. The molecule has 108 valence electrons. The van der Waals surface area contributed by atoms with E-state index in [1.807, 2.05) is 6.92 Å². The summed E-state index contributed by atoms with van der Waals surface area (Å²) in [5.74, 6) is 0.721. The molecular formula is C11H16BrF3N4. The van der Waals surface area contributed by atoms with Crippen LogP contribution >= 0.6 is 15.9 Å². The van der Waals surface area contributed by atoms with Crippen LogP contribution in [-0.2, 0) is 0 Å². The van der Waals surface area contributed by atoms with Crippen LogP contribution in [-0.4, -0.2) is 35.3 Å². The summed E-state index contributed by atoms with van der Waals surface area (Å²) < 4.78 is 38.3. The van der Waals surface area contributed by atoms with Crippen molar-refractivity contribution in [2.45, 2.75) is 33.0 Å². The number of rotatable bonds is 5. The standard InChI is InChI=1S/C11H16BrF3N4/c1-4-16-9-8(12)10(18-6-17-9)19(7(2)3)5-11(13,14)15/h6-7H,4-5H2,1-3H3,(H,16,17,18). The molecule has 0 aliphatic heterocycles. The Morgan fingerprint density at radius 3 is 2.47 bits per heavy atom. The van der Waals surface area contributed by atoms with Gasteiger partial charge in [0.05, 0.1) is 0 Å². The molecule has 0 unspecified atom stereocenters. The lowest BCUT2D eigenvalue weighted by Crippen LogP contribution is -2.40. The van der Waals surface area contributed by atoms with Gasteiger partial charge >= 0.3 is 6.18 Å². The molecule has 0 aromatic carbocycles. The van der Waals surface area contributed by atoms with Crippen molar-refractivity contribution in [3.8, 4) is 0 Å². The van der Waals surface area contributed by atoms with Crippen molar-refractivity contribution in [2.75, 3.05) is 23.3 Å². The topological polar surface area (TPSA) is 41.1 Å². The highest BCUT2D eigenvalue weighted by molar-refractivity contribution is 9.10. The molecule has 1 rings (SSSR count). The predicted octanol–water partition coefficient (Wildman–Crippen LogP) is 3.45. The van der Waals surface area contributed by atoms with E-state index in [0.29, 0.717) is 16.8 Å². The van der Waals surface area contributed by atoms with Gasteiger partial charge in [-0.2, -0.15) is 13.2 Å². The van der Waals surface area contributed by atoms with Crippen LogP contribution in [0.2, 0.25) is 0 Å². The Bertz CT molecular complexity index is 423. The second-order valence-electron chi connectivity index (χ2n) is 4.23. The van der Waals surface area contributed by atoms with Crippen LogP contribution in [0.3, 0.4) is 0 Å². The third-order valence-corrected chi connectivity index (χ3v) is 3.09. The fourth-order valence-electron chi connectivity index (χ4n) is 1.55. The molecule has 0 atom stereocenters. The fourth-order valence-corrected chi connectivity index (χ4v) is 2.12. The van der Waals surface area contributed by atoms with E-state index in [2.05, 4.69) is 31.2 Å². The van der Waals surface area contributed by atoms with Gasteiger partial charge in [0.2, 0.25) is 0 Å². The number of nitrogens with one attached hydrogen (secondary N) is 1. The van der Waals surface area contributed by atoms with Crippen LogP contribution in [0.5, 0.6) is 0 Å². The average Bonchev–Trinajstić information content (AvgIpc) is 2.28. The normalized spacial score (nSPS) is 11.8. The smallest absolute Gasteiger partial charge is 0.369 e. The Morgan fingerprint density at radius 1 is 1.37 bits per heavy atom. The minimum atomic E-state index is -4.28. The molecule has 0 spiro atoms. The van der Waals surface area contributed by atoms with E-state index in [1.165, 1.54) is 11.2 Å². The van der Waals surface area contributed by atoms with Gasteiger partial charge in [-0.1, -0.05) is 0 Å². The van der Waals surface area contributed by atoms with E-state index in [0.717, 1.165) is 0 Å². The monoisotopic (exact) mass is 340 g/mol. The largest absolute Gasteiger partial charge is 0.405 e. The highest BCUT2D eigenvalue weighted by Gasteiger charge is 2.33. The molecule has 0 bridgehead atoms. The molecule has 19 heavy (non-hydrogen) atoms. The average molecular weight is 341 g/mol. The molecule has 1 N–H and O–H groups in total. The molecule has 0 aliphatic rings. The zero-order chi connectivity index (χ0) is 14.6. The zero-order valence-corrected chi connectivity index (χ0v) is 12.5. The summed E-state index contributed by atoms with van der Waals surface area (Å²) in [7, 11) is 0. The van der Waals surface area contributed by atoms with E-state index in [1.54, 1.807) is 13.8 Å². The maximum atomic E-state index is 12.6. The molecular weight excluding hydrogens is 325 g/mol. The molecule has 4 nitrogen and oxygen atoms in total. The highest BCUT2D eigenvalue weighted by Crippen LogP contribution is 2.32. The van der Waals surface area contributed by atoms with Crippen molar-refractivity contribution in [2.24, 2.45) is 0 Å². The SMILES string of the molecule is CCNc1ncnc(N(CC(F)(F)F)C(C)C)c1Br. The van der Waals surface area contributed by atoms with E-state index in [9.17, 15) is 13.2 Å². The van der Waals surface area contributed by atoms with Crippen LogP contribution < -0.4 is 10.2 Å². The Morgan fingerprint density at radius 2 is 2.00 bits per heavy atom. The van der Waals surface area contributed by atoms with Crippen LogP contribution in [0, 0.1) is 0 Å². The number of anilines is 2. The number of nitrogens with zero attached hydrogens (tertiary/aromatic N) is 3. The molecule has 8 heteroatoms. The minimum Gasteiger partial charge on any atom is -0.369 e.